The minimum absolute atomic E-state index is 0.858. The molecule has 0 aliphatic carbocycles. The average Bonchev–Trinajstić information content (AvgIpc) is 2.73. The number of fused-ring (bicyclic) bond motifs is 1. The standard InChI is InChI=1S/C16H19N3/c1-11-8-13-6-7-19(16(13)9-15(11)17)10-14-5-3-4-12(2)18-14/h3-5,8-9H,6-7,10,17H2,1-2H3. The minimum atomic E-state index is 0.858. The van der Waals surface area contributed by atoms with Gasteiger partial charge in [-0.3, -0.25) is 4.98 Å². The molecule has 0 radical (unpaired) electrons. The zero-order chi connectivity index (χ0) is 13.4. The van der Waals surface area contributed by atoms with Crippen LogP contribution in [-0.4, -0.2) is 11.5 Å². The van der Waals surface area contributed by atoms with Crippen LogP contribution < -0.4 is 10.6 Å². The van der Waals surface area contributed by atoms with Crippen LogP contribution in [0.1, 0.15) is 22.5 Å². The van der Waals surface area contributed by atoms with Gasteiger partial charge < -0.3 is 10.6 Å². The molecule has 0 spiro atoms. The summed E-state index contributed by atoms with van der Waals surface area (Å²) in [6.45, 7) is 6.01. The molecular weight excluding hydrogens is 234 g/mol. The van der Waals surface area contributed by atoms with Crippen molar-refractivity contribution in [2.75, 3.05) is 17.2 Å². The highest BCUT2D eigenvalue weighted by Crippen LogP contribution is 2.32. The Morgan fingerprint density at radius 1 is 1.26 bits per heavy atom. The molecule has 1 aromatic carbocycles. The van der Waals surface area contributed by atoms with Crippen molar-refractivity contribution in [2.24, 2.45) is 0 Å². The molecule has 2 heterocycles. The van der Waals surface area contributed by atoms with Crippen LogP contribution in [0.4, 0.5) is 11.4 Å². The second kappa shape index (κ2) is 4.57. The predicted molar refractivity (Wildman–Crippen MR) is 79.3 cm³/mol. The monoisotopic (exact) mass is 253 g/mol. The van der Waals surface area contributed by atoms with Gasteiger partial charge in [0.1, 0.15) is 0 Å². The third-order valence-corrected chi connectivity index (χ3v) is 3.76. The predicted octanol–water partition coefficient (Wildman–Crippen LogP) is 2.84. The number of nitrogen functional groups attached to an aromatic ring is 1. The van der Waals surface area contributed by atoms with Crippen molar-refractivity contribution in [3.63, 3.8) is 0 Å². The second-order valence-corrected chi connectivity index (χ2v) is 5.28. The molecule has 0 unspecified atom stereocenters. The van der Waals surface area contributed by atoms with E-state index in [0.29, 0.717) is 0 Å². The van der Waals surface area contributed by atoms with Gasteiger partial charge in [-0.05, 0) is 49.6 Å². The number of rotatable bonds is 2. The molecule has 2 N–H and O–H groups in total. The van der Waals surface area contributed by atoms with E-state index >= 15 is 0 Å². The van der Waals surface area contributed by atoms with E-state index in [1.807, 2.05) is 13.0 Å². The normalized spacial score (nSPS) is 13.7. The lowest BCUT2D eigenvalue weighted by Gasteiger charge is -2.19. The third kappa shape index (κ3) is 2.28. The number of benzene rings is 1. The Hall–Kier alpha value is -2.03. The lowest BCUT2D eigenvalue weighted by molar-refractivity contribution is 0.811. The van der Waals surface area contributed by atoms with Gasteiger partial charge in [-0.1, -0.05) is 12.1 Å². The van der Waals surface area contributed by atoms with Crippen molar-refractivity contribution >= 4 is 11.4 Å². The topological polar surface area (TPSA) is 42.1 Å². The van der Waals surface area contributed by atoms with Crippen molar-refractivity contribution in [1.29, 1.82) is 0 Å². The number of hydrogen-bond donors (Lipinski definition) is 1. The molecule has 0 amide bonds. The van der Waals surface area contributed by atoms with Crippen LogP contribution in [0.2, 0.25) is 0 Å². The molecule has 98 valence electrons. The third-order valence-electron chi connectivity index (χ3n) is 3.76. The lowest BCUT2D eigenvalue weighted by Crippen LogP contribution is -2.20. The van der Waals surface area contributed by atoms with E-state index in [0.717, 1.165) is 36.6 Å². The number of pyridine rings is 1. The second-order valence-electron chi connectivity index (χ2n) is 5.28. The maximum Gasteiger partial charge on any atom is 0.0602 e. The molecule has 3 nitrogen and oxygen atoms in total. The maximum atomic E-state index is 6.03. The molecule has 0 fully saturated rings. The fourth-order valence-electron chi connectivity index (χ4n) is 2.69. The molecular formula is C16H19N3. The fourth-order valence-corrected chi connectivity index (χ4v) is 2.69. The highest BCUT2D eigenvalue weighted by atomic mass is 15.2. The first-order valence-electron chi connectivity index (χ1n) is 6.70. The highest BCUT2D eigenvalue weighted by Gasteiger charge is 2.20. The Kier molecular flexibility index (Phi) is 2.90. The largest absolute Gasteiger partial charge is 0.398 e. The molecule has 2 aromatic rings. The Labute approximate surface area is 114 Å². The first-order chi connectivity index (χ1) is 9.13. The number of aromatic nitrogens is 1. The van der Waals surface area contributed by atoms with E-state index in [1.54, 1.807) is 0 Å². The zero-order valence-corrected chi connectivity index (χ0v) is 11.5. The Bertz CT molecular complexity index is 619. The van der Waals surface area contributed by atoms with Gasteiger partial charge in [0.05, 0.1) is 12.2 Å². The number of nitrogens with two attached hydrogens (primary N) is 1. The molecule has 1 aliphatic rings. The Morgan fingerprint density at radius 2 is 2.11 bits per heavy atom. The summed E-state index contributed by atoms with van der Waals surface area (Å²) in [5.74, 6) is 0. The maximum absolute atomic E-state index is 6.03. The van der Waals surface area contributed by atoms with Gasteiger partial charge >= 0.3 is 0 Å². The van der Waals surface area contributed by atoms with Gasteiger partial charge in [0.2, 0.25) is 0 Å². The zero-order valence-electron chi connectivity index (χ0n) is 11.5. The van der Waals surface area contributed by atoms with E-state index in [-0.39, 0.29) is 0 Å². The van der Waals surface area contributed by atoms with E-state index in [2.05, 4.69) is 41.1 Å². The van der Waals surface area contributed by atoms with Crippen LogP contribution in [0.25, 0.3) is 0 Å². The van der Waals surface area contributed by atoms with Crippen LogP contribution in [0, 0.1) is 13.8 Å². The SMILES string of the molecule is Cc1cccc(CN2CCc3cc(C)c(N)cc32)n1. The highest BCUT2D eigenvalue weighted by molar-refractivity contribution is 5.67. The van der Waals surface area contributed by atoms with Crippen molar-refractivity contribution in [1.82, 2.24) is 4.98 Å². The first-order valence-corrected chi connectivity index (χ1v) is 6.70. The van der Waals surface area contributed by atoms with E-state index in [1.165, 1.54) is 16.8 Å². The Balaban J connectivity index is 1.88. The summed E-state index contributed by atoms with van der Waals surface area (Å²) in [5, 5.41) is 0. The fraction of sp³-hybridized carbons (Fsp3) is 0.312. The van der Waals surface area contributed by atoms with Gasteiger partial charge in [0, 0.05) is 23.6 Å². The summed E-state index contributed by atoms with van der Waals surface area (Å²) in [5.41, 5.74) is 12.9. The van der Waals surface area contributed by atoms with E-state index < -0.39 is 0 Å². The van der Waals surface area contributed by atoms with Gasteiger partial charge in [-0.15, -0.1) is 0 Å². The molecule has 0 saturated carbocycles. The number of aryl methyl sites for hydroxylation is 2. The average molecular weight is 253 g/mol. The van der Waals surface area contributed by atoms with Crippen LogP contribution in [0.15, 0.2) is 30.3 Å². The molecule has 3 rings (SSSR count). The summed E-state index contributed by atoms with van der Waals surface area (Å²) >= 11 is 0. The van der Waals surface area contributed by atoms with Crippen LogP contribution in [-0.2, 0) is 13.0 Å². The van der Waals surface area contributed by atoms with E-state index in [9.17, 15) is 0 Å². The molecule has 3 heteroatoms. The van der Waals surface area contributed by atoms with Gasteiger partial charge in [-0.2, -0.15) is 0 Å². The molecule has 0 bridgehead atoms. The first kappa shape index (κ1) is 12.0. The van der Waals surface area contributed by atoms with Crippen molar-refractivity contribution < 1.29 is 0 Å². The summed E-state index contributed by atoms with van der Waals surface area (Å²) in [6, 6.07) is 10.5. The van der Waals surface area contributed by atoms with E-state index in [4.69, 9.17) is 5.73 Å². The summed E-state index contributed by atoms with van der Waals surface area (Å²) in [7, 11) is 0. The minimum Gasteiger partial charge on any atom is -0.398 e. The van der Waals surface area contributed by atoms with Gasteiger partial charge in [0.15, 0.2) is 0 Å². The van der Waals surface area contributed by atoms with Crippen molar-refractivity contribution in [3.05, 3.63) is 52.8 Å². The quantitative estimate of drug-likeness (QED) is 0.837. The molecule has 0 saturated heterocycles. The molecule has 19 heavy (non-hydrogen) atoms. The Morgan fingerprint density at radius 3 is 2.89 bits per heavy atom. The van der Waals surface area contributed by atoms with Crippen molar-refractivity contribution in [2.45, 2.75) is 26.8 Å². The van der Waals surface area contributed by atoms with Crippen LogP contribution in [0.5, 0.6) is 0 Å². The summed E-state index contributed by atoms with van der Waals surface area (Å²) < 4.78 is 0. The smallest absolute Gasteiger partial charge is 0.0602 e. The molecule has 1 aromatic heterocycles. The summed E-state index contributed by atoms with van der Waals surface area (Å²) in [4.78, 5) is 6.94. The number of nitrogens with zero attached hydrogens (tertiary/aromatic N) is 2. The molecule has 0 atom stereocenters. The molecule has 1 aliphatic heterocycles. The van der Waals surface area contributed by atoms with Crippen LogP contribution in [0.3, 0.4) is 0 Å². The lowest BCUT2D eigenvalue weighted by atomic mass is 10.1. The number of hydrogen-bond acceptors (Lipinski definition) is 3. The summed E-state index contributed by atoms with van der Waals surface area (Å²) in [6.07, 6.45) is 1.10. The van der Waals surface area contributed by atoms with Crippen LogP contribution >= 0.6 is 0 Å². The van der Waals surface area contributed by atoms with Gasteiger partial charge in [0.25, 0.3) is 0 Å². The van der Waals surface area contributed by atoms with Gasteiger partial charge in [-0.25, -0.2) is 0 Å². The number of anilines is 2. The van der Waals surface area contributed by atoms with Crippen molar-refractivity contribution in [3.8, 4) is 0 Å².